The Morgan fingerprint density at radius 1 is 0.906 bits per heavy atom. The molecule has 0 spiro atoms. The second kappa shape index (κ2) is 28.9. The number of halogens is 1. The van der Waals surface area contributed by atoms with E-state index in [1.54, 1.807) is 22.6 Å². The first-order valence-corrected chi connectivity index (χ1v) is 25.4. The van der Waals surface area contributed by atoms with Gasteiger partial charge in [-0.25, -0.2) is 4.68 Å². The molecule has 0 saturated carbocycles. The molecule has 64 heavy (non-hydrogen) atoms. The zero-order valence-corrected chi connectivity index (χ0v) is 40.1. The molecule has 0 bridgehead atoms. The van der Waals surface area contributed by atoms with E-state index in [1.165, 1.54) is 11.8 Å². The Balaban J connectivity index is 1.16. The monoisotopic (exact) mass is 1040 g/mol. The number of aromatic nitrogens is 6. The number of carbonyl (C=O) groups excluding carboxylic acids is 2. The van der Waals surface area contributed by atoms with Crippen molar-refractivity contribution in [3.63, 3.8) is 0 Å². The third-order valence-electron chi connectivity index (χ3n) is 10.5. The van der Waals surface area contributed by atoms with E-state index in [0.29, 0.717) is 73.8 Å². The summed E-state index contributed by atoms with van der Waals surface area (Å²) < 4.78 is 26.6. The van der Waals surface area contributed by atoms with Crippen LogP contribution in [-0.4, -0.2) is 204 Å². The molecule has 1 unspecified atom stereocenters. The van der Waals surface area contributed by atoms with Gasteiger partial charge in [-0.15, -0.1) is 5.10 Å². The van der Waals surface area contributed by atoms with E-state index < -0.39 is 43.4 Å². The number of aliphatic hydroxyl groups is 5. The number of carbonyl (C=O) groups is 2. The maximum absolute atomic E-state index is 13.9. The molecule has 1 saturated heterocycles. The van der Waals surface area contributed by atoms with Gasteiger partial charge >= 0.3 is 264 Å². The third-order valence-corrected chi connectivity index (χ3v) is 14.8. The van der Waals surface area contributed by atoms with Crippen LogP contribution in [0.25, 0.3) is 0 Å². The van der Waals surface area contributed by atoms with Gasteiger partial charge in [0.15, 0.2) is 0 Å². The minimum Gasteiger partial charge on any atom is -0.381 e. The summed E-state index contributed by atoms with van der Waals surface area (Å²) in [6.07, 6.45) is -0.762. The normalized spacial score (nSPS) is 20.5. The summed E-state index contributed by atoms with van der Waals surface area (Å²) in [5.74, 6) is -0.245. The molecule has 362 valence electrons. The zero-order valence-electron chi connectivity index (χ0n) is 37.1. The van der Waals surface area contributed by atoms with E-state index in [4.69, 9.17) is 24.1 Å². The first-order chi connectivity index (χ1) is 30.9. The molecule has 2 aromatic heterocycles. The van der Waals surface area contributed by atoms with Crippen molar-refractivity contribution in [2.75, 3.05) is 85.5 Å². The number of rotatable bonds is 32. The van der Waals surface area contributed by atoms with Crippen LogP contribution in [0.3, 0.4) is 0 Å². The predicted molar refractivity (Wildman–Crippen MR) is 230 cm³/mol. The maximum atomic E-state index is 13.9. The van der Waals surface area contributed by atoms with Gasteiger partial charge < -0.3 is 30.1 Å². The van der Waals surface area contributed by atoms with Gasteiger partial charge in [0.1, 0.15) is 0 Å². The van der Waals surface area contributed by atoms with E-state index in [1.807, 2.05) is 36.5 Å². The average Bonchev–Trinajstić information content (AvgIpc) is 3.96. The zero-order chi connectivity index (χ0) is 46.3. The van der Waals surface area contributed by atoms with Crippen molar-refractivity contribution in [2.24, 2.45) is 0 Å². The van der Waals surface area contributed by atoms with Gasteiger partial charge in [-0.1, -0.05) is 5.21 Å². The van der Waals surface area contributed by atoms with Crippen LogP contribution in [0, 0.1) is 0 Å². The van der Waals surface area contributed by atoms with Gasteiger partial charge in [0.25, 0.3) is 0 Å². The quantitative estimate of drug-likeness (QED) is 0.00704. The second-order valence-electron chi connectivity index (χ2n) is 15.5. The second-order valence-corrected chi connectivity index (χ2v) is 20.3. The number of aliphatic hydroxyl groups excluding tert-OH is 5. The number of unbranched alkanes of at least 4 members (excludes halogenated alkanes) is 1. The Hall–Kier alpha value is -2.96. The molecule has 0 radical (unpaired) electrons. The number of likely N-dealkylation sites (N-methyl/N-ethyl adjacent to an activating group) is 2. The Bertz CT molecular complexity index is 1770. The molecular weight excluding hydrogens is 969 g/mol. The summed E-state index contributed by atoms with van der Waals surface area (Å²) in [5, 5.41) is 77.5. The Morgan fingerprint density at radius 3 is 2.31 bits per heavy atom. The number of alkyl halides is 1. The van der Waals surface area contributed by atoms with Crippen molar-refractivity contribution >= 4 is 23.6 Å². The van der Waals surface area contributed by atoms with Crippen LogP contribution in [-0.2, 0) is 54.6 Å². The molecule has 1 fully saturated rings. The van der Waals surface area contributed by atoms with E-state index >= 15 is 0 Å². The summed E-state index contributed by atoms with van der Waals surface area (Å²) in [7, 11) is 5.88. The van der Waals surface area contributed by atoms with E-state index in [0.717, 1.165) is 23.4 Å². The van der Waals surface area contributed by atoms with E-state index in [2.05, 4.69) is 60.9 Å². The van der Waals surface area contributed by atoms with Crippen LogP contribution < -0.4 is 42.7 Å². The number of ether oxygens (including phenoxy) is 4. The van der Waals surface area contributed by atoms with Crippen molar-refractivity contribution in [2.45, 2.75) is 98.3 Å². The number of thioether (sulfide) groups is 1. The number of hydrogen-bond acceptors (Lipinski definition) is 18. The summed E-state index contributed by atoms with van der Waals surface area (Å²) in [6.45, 7) is 3.09. The van der Waals surface area contributed by atoms with Crippen LogP contribution in [0.5, 0.6) is 0 Å². The molecule has 8 atom stereocenters. The van der Waals surface area contributed by atoms with Crippen LogP contribution in [0.15, 0.2) is 47.6 Å². The molecule has 4 rings (SSSR count). The van der Waals surface area contributed by atoms with Gasteiger partial charge in [0, 0.05) is 19.3 Å². The number of nitrogens with zero attached hydrogens (tertiary/aromatic N) is 7. The van der Waals surface area contributed by atoms with E-state index in [-0.39, 0.29) is 64.5 Å². The van der Waals surface area contributed by atoms with Gasteiger partial charge in [-0.3, -0.25) is 10.1 Å². The van der Waals surface area contributed by atoms with Gasteiger partial charge in [-0.2, -0.15) is 0 Å². The number of quaternary nitrogens is 1. The molecule has 1 aromatic carbocycles. The molecule has 1 aliphatic rings. The smallest absolute Gasteiger partial charge is 0.381 e. The minimum absolute atomic E-state index is 0.0414. The molecule has 3 aromatic rings. The van der Waals surface area contributed by atoms with Crippen molar-refractivity contribution in [1.29, 1.82) is 0 Å². The van der Waals surface area contributed by atoms with Crippen LogP contribution >= 0.6 is 11.8 Å². The third kappa shape index (κ3) is 18.0. The summed E-state index contributed by atoms with van der Waals surface area (Å²) in [5.41, 5.74) is 1.41. The van der Waals surface area contributed by atoms with Crippen molar-refractivity contribution in [3.05, 3.63) is 54.1 Å². The summed E-state index contributed by atoms with van der Waals surface area (Å²) in [6, 6.07) is 8.84. The predicted octanol–water partition coefficient (Wildman–Crippen LogP) is -5.77. The fourth-order valence-electron chi connectivity index (χ4n) is 6.65. The van der Waals surface area contributed by atoms with Crippen molar-refractivity contribution < 1.29 is 78.2 Å². The van der Waals surface area contributed by atoms with Gasteiger partial charge in [0.2, 0.25) is 0 Å². The fourth-order valence-corrected chi connectivity index (χ4v) is 8.87. The molecule has 22 nitrogen and oxygen atoms in total. The number of hydrogen-bond donors (Lipinski definition) is 9. The Kier molecular flexibility index (Phi) is 24.3. The number of benzene rings is 1. The SMILES string of the molecule is CN[C@@H](Cc1cn(CCCC[C@@H](C(=O)NCC(CO[C@@H]2O[C@H](CO)[C@@H](O)[C@H](O)[C@H]2O)Sc2ccccc2)[N+](C)(C)[I-]C)nn1)C(=O)NCCOCCOCCn1cc(CNCO)nn1. The molecule has 0 aliphatic carbocycles. The topological polar surface area (TPSA) is 282 Å². The van der Waals surface area contributed by atoms with Gasteiger partial charge in [-0.05, 0) is 7.05 Å². The molecular formula is C40H68IN11O11S. The molecule has 2 amide bonds. The summed E-state index contributed by atoms with van der Waals surface area (Å²) >= 11 is 1.13. The van der Waals surface area contributed by atoms with Crippen LogP contribution in [0.4, 0.5) is 0 Å². The van der Waals surface area contributed by atoms with Crippen LogP contribution in [0.2, 0.25) is 0 Å². The average molecular weight is 1040 g/mol. The number of aryl methyl sites for hydroxylation is 1. The Morgan fingerprint density at radius 2 is 1.61 bits per heavy atom. The molecule has 9 N–H and O–H groups in total. The minimum atomic E-state index is -1.55. The fraction of sp³-hybridized carbons (Fsp3) is 0.700. The van der Waals surface area contributed by atoms with Crippen molar-refractivity contribution in [1.82, 2.24) is 51.3 Å². The Labute approximate surface area is 389 Å². The molecule has 3 heterocycles. The first kappa shape index (κ1) is 53.7. The van der Waals surface area contributed by atoms with E-state index in [9.17, 15) is 30.0 Å². The molecule has 1 aliphatic heterocycles. The van der Waals surface area contributed by atoms with Crippen LogP contribution in [0.1, 0.15) is 30.7 Å². The number of amides is 2. The molecule has 24 heteroatoms. The summed E-state index contributed by atoms with van der Waals surface area (Å²) in [4.78, 5) is 29.9. The standard InChI is InChI=1S/C40H68IN11O11S/c1-41-52(3,4)33(39(59)45-22-31(64-30-10-6-5-7-11-30)26-62-40-37(57)36(56)35(55)34(25-53)63-40)12-8-9-14-50-23-28(46-48-50)20-32(42-2)38(58)44-13-16-60-18-19-61-17-15-51-24-29(47-49-51)21-43-27-54/h5-7,10-11,23-24,31-37,40,42-43,53-57H,8-9,12-22,25-27H2,1-4H3,(H,44,58)(H,45,59)/t31?,32-,33-,34+,35+,36-,37+,40+/m0/s1. The first-order valence-electron chi connectivity index (χ1n) is 21.4. The van der Waals surface area contributed by atoms with Gasteiger partial charge in [0.05, 0.1) is 45.4 Å². The number of nitrogens with one attached hydrogen (secondary N) is 4. The van der Waals surface area contributed by atoms with Crippen molar-refractivity contribution in [3.8, 4) is 0 Å².